The summed E-state index contributed by atoms with van der Waals surface area (Å²) in [5.41, 5.74) is 0.813. The van der Waals surface area contributed by atoms with Crippen LogP contribution in [0.1, 0.15) is 25.3 Å². The third-order valence-electron chi connectivity index (χ3n) is 3.53. The number of rotatable bonds is 4. The third kappa shape index (κ3) is 2.38. The van der Waals surface area contributed by atoms with E-state index in [1.807, 2.05) is 0 Å². The van der Waals surface area contributed by atoms with Crippen LogP contribution in [-0.4, -0.2) is 11.7 Å². The van der Waals surface area contributed by atoms with E-state index in [9.17, 15) is 9.50 Å². The summed E-state index contributed by atoms with van der Waals surface area (Å²) in [7, 11) is 0. The molecule has 0 aliphatic heterocycles. The summed E-state index contributed by atoms with van der Waals surface area (Å²) < 4.78 is 12.9. The maximum absolute atomic E-state index is 12.9. The van der Waals surface area contributed by atoms with Gasteiger partial charge in [-0.25, -0.2) is 4.39 Å². The second-order valence-corrected chi connectivity index (χ2v) is 5.41. The van der Waals surface area contributed by atoms with Crippen LogP contribution in [-0.2, 0) is 6.42 Å². The molecule has 2 rings (SSSR count). The lowest BCUT2D eigenvalue weighted by atomic mass is 9.80. The lowest BCUT2D eigenvalue weighted by Crippen LogP contribution is -2.27. The van der Waals surface area contributed by atoms with Crippen LogP contribution in [0.2, 0.25) is 5.02 Å². The van der Waals surface area contributed by atoms with Crippen LogP contribution in [0.25, 0.3) is 0 Å². The Morgan fingerprint density at radius 2 is 2.19 bits per heavy atom. The fourth-order valence-electron chi connectivity index (χ4n) is 2.21. The van der Waals surface area contributed by atoms with E-state index in [0.29, 0.717) is 17.4 Å². The van der Waals surface area contributed by atoms with Crippen LogP contribution in [0.4, 0.5) is 4.39 Å². The standard InChI is InChI=1S/C13H16ClFO/c1-13(8-16,10-3-4-10)7-9-2-5-11(15)6-12(9)14/h2,5-6,10,16H,3-4,7-8H2,1H3. The lowest BCUT2D eigenvalue weighted by Gasteiger charge is -2.27. The first kappa shape index (κ1) is 11.9. The Balaban J connectivity index is 2.18. The first-order valence-corrected chi connectivity index (χ1v) is 5.98. The van der Waals surface area contributed by atoms with Crippen molar-refractivity contribution in [1.82, 2.24) is 0 Å². The van der Waals surface area contributed by atoms with Crippen LogP contribution in [0.5, 0.6) is 0 Å². The molecular weight excluding hydrogens is 227 g/mol. The summed E-state index contributed by atoms with van der Waals surface area (Å²) in [5, 5.41) is 9.94. The van der Waals surface area contributed by atoms with Crippen molar-refractivity contribution in [2.24, 2.45) is 11.3 Å². The normalized spacial score (nSPS) is 19.5. The summed E-state index contributed by atoms with van der Waals surface area (Å²) in [4.78, 5) is 0. The van der Waals surface area contributed by atoms with Crippen LogP contribution >= 0.6 is 11.6 Å². The number of aliphatic hydroxyl groups is 1. The molecule has 1 nitrogen and oxygen atoms in total. The molecule has 16 heavy (non-hydrogen) atoms. The Hall–Kier alpha value is -0.600. The van der Waals surface area contributed by atoms with Gasteiger partial charge < -0.3 is 5.11 Å². The van der Waals surface area contributed by atoms with Crippen LogP contribution in [0.3, 0.4) is 0 Å². The molecule has 1 N–H and O–H groups in total. The summed E-state index contributed by atoms with van der Waals surface area (Å²) in [5.74, 6) is 0.268. The van der Waals surface area contributed by atoms with Crippen molar-refractivity contribution >= 4 is 11.6 Å². The van der Waals surface area contributed by atoms with E-state index in [-0.39, 0.29) is 17.8 Å². The molecule has 0 bridgehead atoms. The first-order chi connectivity index (χ1) is 7.55. The highest BCUT2D eigenvalue weighted by atomic mass is 35.5. The largest absolute Gasteiger partial charge is 0.396 e. The van der Waals surface area contributed by atoms with Crippen LogP contribution in [0, 0.1) is 17.2 Å². The highest BCUT2D eigenvalue weighted by molar-refractivity contribution is 6.31. The van der Waals surface area contributed by atoms with Crippen LogP contribution < -0.4 is 0 Å². The fraction of sp³-hybridized carbons (Fsp3) is 0.538. The molecule has 1 aromatic carbocycles. The van der Waals surface area contributed by atoms with Gasteiger partial charge in [0.2, 0.25) is 0 Å². The summed E-state index contributed by atoms with van der Waals surface area (Å²) in [6, 6.07) is 4.47. The predicted molar refractivity (Wildman–Crippen MR) is 63.0 cm³/mol. The molecule has 88 valence electrons. The molecule has 0 saturated heterocycles. The molecule has 0 aromatic heterocycles. The quantitative estimate of drug-likeness (QED) is 0.858. The average molecular weight is 243 g/mol. The summed E-state index contributed by atoms with van der Waals surface area (Å²) in [6.07, 6.45) is 3.07. The number of benzene rings is 1. The van der Waals surface area contributed by atoms with Gasteiger partial charge in [-0.2, -0.15) is 0 Å². The molecule has 3 heteroatoms. The predicted octanol–water partition coefficient (Wildman–Crippen LogP) is 3.43. The number of aliphatic hydroxyl groups excluding tert-OH is 1. The number of halogens is 2. The van der Waals surface area contributed by atoms with Crippen molar-refractivity contribution in [3.8, 4) is 0 Å². The van der Waals surface area contributed by atoms with Crippen molar-refractivity contribution in [1.29, 1.82) is 0 Å². The van der Waals surface area contributed by atoms with Crippen molar-refractivity contribution in [2.75, 3.05) is 6.61 Å². The number of hydrogen-bond acceptors (Lipinski definition) is 1. The van der Waals surface area contributed by atoms with Gasteiger partial charge in [0.15, 0.2) is 0 Å². The first-order valence-electron chi connectivity index (χ1n) is 5.60. The lowest BCUT2D eigenvalue weighted by molar-refractivity contribution is 0.119. The van der Waals surface area contributed by atoms with Gasteiger partial charge in [-0.1, -0.05) is 24.6 Å². The van der Waals surface area contributed by atoms with Gasteiger partial charge in [0.1, 0.15) is 5.82 Å². The molecule has 0 spiro atoms. The molecule has 0 heterocycles. The second-order valence-electron chi connectivity index (χ2n) is 5.00. The highest BCUT2D eigenvalue weighted by Crippen LogP contribution is 2.47. The van der Waals surface area contributed by atoms with Crippen molar-refractivity contribution in [3.63, 3.8) is 0 Å². The fourth-order valence-corrected chi connectivity index (χ4v) is 2.44. The van der Waals surface area contributed by atoms with Crippen molar-refractivity contribution < 1.29 is 9.50 Å². The third-order valence-corrected chi connectivity index (χ3v) is 3.89. The summed E-state index contributed by atoms with van der Waals surface area (Å²) >= 11 is 6.00. The minimum Gasteiger partial charge on any atom is -0.396 e. The zero-order valence-corrected chi connectivity index (χ0v) is 10.1. The van der Waals surface area contributed by atoms with E-state index >= 15 is 0 Å². The minimum atomic E-state index is -0.314. The van der Waals surface area contributed by atoms with E-state index in [2.05, 4.69) is 6.92 Å². The Bertz CT molecular complexity index is 390. The van der Waals surface area contributed by atoms with E-state index < -0.39 is 0 Å². The molecule has 0 radical (unpaired) electrons. The van der Waals surface area contributed by atoms with Gasteiger partial charge in [-0.05, 0) is 48.3 Å². The molecule has 0 amide bonds. The maximum atomic E-state index is 12.9. The zero-order valence-electron chi connectivity index (χ0n) is 9.34. The SMILES string of the molecule is CC(CO)(Cc1ccc(F)cc1Cl)C1CC1. The van der Waals surface area contributed by atoms with Gasteiger partial charge in [0.25, 0.3) is 0 Å². The zero-order chi connectivity index (χ0) is 11.8. The van der Waals surface area contributed by atoms with Crippen molar-refractivity contribution in [3.05, 3.63) is 34.6 Å². The Morgan fingerprint density at radius 1 is 1.50 bits per heavy atom. The Kier molecular flexibility index (Phi) is 3.22. The number of hydrogen-bond donors (Lipinski definition) is 1. The van der Waals surface area contributed by atoms with Crippen molar-refractivity contribution in [2.45, 2.75) is 26.2 Å². The molecule has 1 atom stereocenters. The maximum Gasteiger partial charge on any atom is 0.124 e. The summed E-state index contributed by atoms with van der Waals surface area (Å²) in [6.45, 7) is 2.23. The molecule has 1 unspecified atom stereocenters. The minimum absolute atomic E-state index is 0.110. The van der Waals surface area contributed by atoms with Gasteiger partial charge in [0.05, 0.1) is 0 Å². The van der Waals surface area contributed by atoms with Gasteiger partial charge in [-0.3, -0.25) is 0 Å². The topological polar surface area (TPSA) is 20.2 Å². The molecule has 1 aromatic rings. The molecule has 1 aliphatic rings. The Labute approximate surface area is 100 Å². The monoisotopic (exact) mass is 242 g/mol. The van der Waals surface area contributed by atoms with Gasteiger partial charge >= 0.3 is 0 Å². The molecule has 1 fully saturated rings. The smallest absolute Gasteiger partial charge is 0.124 e. The Morgan fingerprint density at radius 3 is 2.69 bits per heavy atom. The molecule has 1 saturated carbocycles. The van der Waals surface area contributed by atoms with Crippen LogP contribution in [0.15, 0.2) is 18.2 Å². The van der Waals surface area contributed by atoms with Gasteiger partial charge in [0, 0.05) is 11.6 Å². The van der Waals surface area contributed by atoms with E-state index in [1.54, 1.807) is 6.07 Å². The van der Waals surface area contributed by atoms with E-state index in [1.165, 1.54) is 25.0 Å². The second kappa shape index (κ2) is 4.34. The average Bonchev–Trinajstić information content (AvgIpc) is 3.06. The molecule has 1 aliphatic carbocycles. The van der Waals surface area contributed by atoms with E-state index in [0.717, 1.165) is 5.56 Å². The van der Waals surface area contributed by atoms with E-state index in [4.69, 9.17) is 11.6 Å². The van der Waals surface area contributed by atoms with Gasteiger partial charge in [-0.15, -0.1) is 0 Å². The molecular formula is C13H16ClFO. The highest BCUT2D eigenvalue weighted by Gasteiger charge is 2.41.